The third kappa shape index (κ3) is 4.39. The summed E-state index contributed by atoms with van der Waals surface area (Å²) in [6.07, 6.45) is 1.50. The van der Waals surface area contributed by atoms with Crippen molar-refractivity contribution in [2.24, 2.45) is 10.9 Å². The van der Waals surface area contributed by atoms with Crippen molar-refractivity contribution >= 4 is 17.5 Å². The predicted octanol–water partition coefficient (Wildman–Crippen LogP) is 0.991. The first-order valence-electron chi connectivity index (χ1n) is 8.89. The van der Waals surface area contributed by atoms with Crippen LogP contribution in [0.5, 0.6) is 5.75 Å². The summed E-state index contributed by atoms with van der Waals surface area (Å²) >= 11 is 0. The van der Waals surface area contributed by atoms with Gasteiger partial charge in [0.15, 0.2) is 0 Å². The summed E-state index contributed by atoms with van der Waals surface area (Å²) in [7, 11) is 0. The Balaban J connectivity index is 1.80. The molecule has 1 aromatic heterocycles. The van der Waals surface area contributed by atoms with E-state index in [0.29, 0.717) is 18.7 Å². The van der Waals surface area contributed by atoms with Crippen LogP contribution in [0.2, 0.25) is 0 Å². The highest BCUT2D eigenvalue weighted by atomic mass is 16.5. The van der Waals surface area contributed by atoms with E-state index in [9.17, 15) is 19.6 Å². The fourth-order valence-corrected chi connectivity index (χ4v) is 3.12. The minimum atomic E-state index is -0.842. The first kappa shape index (κ1) is 20.4. The van der Waals surface area contributed by atoms with Gasteiger partial charge in [0, 0.05) is 12.7 Å². The fraction of sp³-hybridized carbons (Fsp3) is 0.316. The number of aromatic nitrogens is 1. The molecule has 3 N–H and O–H groups in total. The number of nitrogens with zero attached hydrogens (tertiary/aromatic N) is 3. The lowest BCUT2D eigenvalue weighted by Gasteiger charge is -2.35. The molecule has 2 amide bonds. The molecular formula is C19H20N4O6. The maximum absolute atomic E-state index is 13.0. The number of benzene rings is 1. The lowest BCUT2D eigenvalue weighted by molar-refractivity contribution is -0.0152. The second kappa shape index (κ2) is 9.22. The van der Waals surface area contributed by atoms with Gasteiger partial charge in [-0.15, -0.1) is 4.91 Å². The maximum atomic E-state index is 13.0. The molecule has 1 aliphatic rings. The first-order valence-corrected chi connectivity index (χ1v) is 8.89. The van der Waals surface area contributed by atoms with Crippen molar-refractivity contribution < 1.29 is 24.2 Å². The average Bonchev–Trinajstić information content (AvgIpc) is 2.76. The van der Waals surface area contributed by atoms with Crippen molar-refractivity contribution in [3.05, 3.63) is 58.3 Å². The van der Waals surface area contributed by atoms with E-state index < -0.39 is 11.9 Å². The summed E-state index contributed by atoms with van der Waals surface area (Å²) in [5, 5.41) is 12.3. The smallest absolute Gasteiger partial charge is 0.256 e. The van der Waals surface area contributed by atoms with E-state index >= 15 is 0 Å². The molecule has 0 spiro atoms. The molecule has 29 heavy (non-hydrogen) atoms. The van der Waals surface area contributed by atoms with Crippen LogP contribution in [0.3, 0.4) is 0 Å². The Bertz CT molecular complexity index is 919. The normalized spacial score (nSPS) is 16.3. The monoisotopic (exact) mass is 400 g/mol. The van der Waals surface area contributed by atoms with Crippen LogP contribution in [-0.2, 0) is 11.3 Å². The van der Waals surface area contributed by atoms with Gasteiger partial charge in [0.05, 0.1) is 37.1 Å². The molecule has 10 nitrogen and oxygen atoms in total. The molecule has 1 aromatic carbocycles. The van der Waals surface area contributed by atoms with E-state index in [-0.39, 0.29) is 48.4 Å². The highest BCUT2D eigenvalue weighted by Crippen LogP contribution is 2.28. The second-order valence-electron chi connectivity index (χ2n) is 6.30. The van der Waals surface area contributed by atoms with Crippen molar-refractivity contribution in [2.75, 3.05) is 26.4 Å². The van der Waals surface area contributed by atoms with E-state index in [1.54, 1.807) is 17.0 Å². The summed E-state index contributed by atoms with van der Waals surface area (Å²) in [6, 6.07) is 7.13. The Morgan fingerprint density at radius 2 is 2.17 bits per heavy atom. The molecule has 0 unspecified atom stereocenters. The van der Waals surface area contributed by atoms with Crippen LogP contribution in [0, 0.1) is 4.91 Å². The maximum Gasteiger partial charge on any atom is 0.256 e. The Labute approximate surface area is 166 Å². The number of pyridine rings is 1. The Morgan fingerprint density at radius 1 is 1.34 bits per heavy atom. The molecule has 10 heteroatoms. The summed E-state index contributed by atoms with van der Waals surface area (Å²) in [4.78, 5) is 41.3. The minimum Gasteiger partial charge on any atom is -0.490 e. The Hall–Kier alpha value is -3.37. The lowest BCUT2D eigenvalue weighted by atomic mass is 10.1. The molecule has 1 atom stereocenters. The number of hydrogen-bond donors (Lipinski definition) is 2. The van der Waals surface area contributed by atoms with Crippen LogP contribution >= 0.6 is 0 Å². The van der Waals surface area contributed by atoms with E-state index in [1.165, 1.54) is 24.4 Å². The molecular weight excluding hydrogens is 380 g/mol. The third-order valence-electron chi connectivity index (χ3n) is 4.54. The predicted molar refractivity (Wildman–Crippen MR) is 102 cm³/mol. The van der Waals surface area contributed by atoms with Crippen LogP contribution in [0.25, 0.3) is 0 Å². The van der Waals surface area contributed by atoms with E-state index in [0.717, 1.165) is 0 Å². The molecule has 152 valence electrons. The molecule has 2 aromatic rings. The van der Waals surface area contributed by atoms with Crippen LogP contribution in [0.4, 0.5) is 5.69 Å². The zero-order valence-corrected chi connectivity index (χ0v) is 15.5. The fourth-order valence-electron chi connectivity index (χ4n) is 3.12. The number of carbonyl (C=O) groups is 2. The number of rotatable bonds is 7. The average molecular weight is 400 g/mol. The quantitative estimate of drug-likeness (QED) is 0.659. The zero-order valence-electron chi connectivity index (χ0n) is 15.5. The second-order valence-corrected chi connectivity index (χ2v) is 6.30. The molecule has 1 fully saturated rings. The number of nitrogens with two attached hydrogens (primary N) is 1. The number of aliphatic hydroxyl groups excluding tert-OH is 1. The SMILES string of the molecule is NC(=O)c1c(N=O)cccc1OC[C@@H]1COCCN1C(=O)c1cccnc1CO. The standard InChI is InChI=1S/C19H20N4O6/c20-18(25)17-14(22-27)4-1-5-16(17)29-11-12-10-28-8-7-23(12)19(26)13-3-2-6-21-15(13)9-24/h1-6,12,24H,7-11H2,(H2,20,25)/t12-/m0/s1. The summed E-state index contributed by atoms with van der Waals surface area (Å²) in [5.41, 5.74) is 5.69. The van der Waals surface area contributed by atoms with Crippen molar-refractivity contribution in [3.63, 3.8) is 0 Å². The highest BCUT2D eigenvalue weighted by Gasteiger charge is 2.30. The summed E-state index contributed by atoms with van der Waals surface area (Å²) in [5.74, 6) is -1.05. The van der Waals surface area contributed by atoms with Gasteiger partial charge in [0.1, 0.15) is 23.6 Å². The number of nitroso groups, excluding NO2 is 1. The van der Waals surface area contributed by atoms with Crippen molar-refractivity contribution in [1.82, 2.24) is 9.88 Å². The highest BCUT2D eigenvalue weighted by molar-refractivity contribution is 6.00. The van der Waals surface area contributed by atoms with Gasteiger partial charge in [-0.3, -0.25) is 14.6 Å². The number of aliphatic hydroxyl groups is 1. The van der Waals surface area contributed by atoms with Crippen molar-refractivity contribution in [2.45, 2.75) is 12.6 Å². The van der Waals surface area contributed by atoms with Crippen LogP contribution < -0.4 is 10.5 Å². The Morgan fingerprint density at radius 3 is 2.90 bits per heavy atom. The third-order valence-corrected chi connectivity index (χ3v) is 4.54. The molecule has 0 radical (unpaired) electrons. The molecule has 1 saturated heterocycles. The largest absolute Gasteiger partial charge is 0.490 e. The molecule has 0 saturated carbocycles. The zero-order chi connectivity index (χ0) is 20.8. The molecule has 0 bridgehead atoms. The van der Waals surface area contributed by atoms with Gasteiger partial charge in [-0.05, 0) is 29.4 Å². The number of ether oxygens (including phenoxy) is 2. The summed E-state index contributed by atoms with van der Waals surface area (Å²) in [6.45, 7) is 0.543. The lowest BCUT2D eigenvalue weighted by Crippen LogP contribution is -2.51. The summed E-state index contributed by atoms with van der Waals surface area (Å²) < 4.78 is 11.2. The van der Waals surface area contributed by atoms with Gasteiger partial charge in [-0.1, -0.05) is 6.07 Å². The van der Waals surface area contributed by atoms with Gasteiger partial charge < -0.3 is 25.2 Å². The van der Waals surface area contributed by atoms with E-state index in [2.05, 4.69) is 10.2 Å². The number of primary amides is 1. The van der Waals surface area contributed by atoms with Crippen LogP contribution in [0.15, 0.2) is 41.7 Å². The first-order chi connectivity index (χ1) is 14.1. The van der Waals surface area contributed by atoms with Crippen LogP contribution in [0.1, 0.15) is 26.4 Å². The molecule has 1 aliphatic heterocycles. The van der Waals surface area contributed by atoms with Gasteiger partial charge >= 0.3 is 0 Å². The van der Waals surface area contributed by atoms with Gasteiger partial charge in [-0.2, -0.15) is 0 Å². The van der Waals surface area contributed by atoms with Crippen molar-refractivity contribution in [3.8, 4) is 5.75 Å². The number of morpholine rings is 1. The van der Waals surface area contributed by atoms with Gasteiger partial charge in [0.2, 0.25) is 0 Å². The minimum absolute atomic E-state index is 0.00303. The van der Waals surface area contributed by atoms with E-state index in [1.807, 2.05) is 0 Å². The number of hydrogen-bond acceptors (Lipinski definition) is 8. The molecule has 3 rings (SSSR count). The van der Waals surface area contributed by atoms with Crippen LogP contribution in [-0.4, -0.2) is 59.2 Å². The number of amides is 2. The number of carbonyl (C=O) groups excluding carboxylic acids is 2. The van der Waals surface area contributed by atoms with Gasteiger partial charge in [0.25, 0.3) is 11.8 Å². The topological polar surface area (TPSA) is 144 Å². The van der Waals surface area contributed by atoms with Gasteiger partial charge in [-0.25, -0.2) is 0 Å². The van der Waals surface area contributed by atoms with Crippen molar-refractivity contribution in [1.29, 1.82) is 0 Å². The van der Waals surface area contributed by atoms with E-state index in [4.69, 9.17) is 15.2 Å². The Kier molecular flexibility index (Phi) is 6.47. The molecule has 2 heterocycles. The molecule has 0 aliphatic carbocycles.